The molecular weight excluding hydrogens is 188 g/mol. The molecule has 0 atom stereocenters. The van der Waals surface area contributed by atoms with Gasteiger partial charge in [-0.2, -0.15) is 0 Å². The van der Waals surface area contributed by atoms with Crippen LogP contribution in [0.5, 0.6) is 5.75 Å². The summed E-state index contributed by atoms with van der Waals surface area (Å²) in [5.74, 6) is 0.532. The van der Waals surface area contributed by atoms with Crippen molar-refractivity contribution < 1.29 is 14.0 Å². The molecule has 0 bridgehead atoms. The Morgan fingerprint density at radius 1 is 1.00 bits per heavy atom. The molecule has 0 radical (unpaired) electrons. The molecule has 0 spiro atoms. The van der Waals surface area contributed by atoms with Gasteiger partial charge in [-0.15, -0.1) is 0 Å². The molecule has 7 heteroatoms. The van der Waals surface area contributed by atoms with Gasteiger partial charge in [-0.25, -0.2) is 9.26 Å². The fraction of sp³-hybridized carbons (Fsp3) is 0.143. The van der Waals surface area contributed by atoms with Gasteiger partial charge in [-0.3, -0.25) is 0 Å². The summed E-state index contributed by atoms with van der Waals surface area (Å²) in [7, 11) is 1.53. The van der Waals surface area contributed by atoms with Crippen molar-refractivity contribution in [3.63, 3.8) is 0 Å². The van der Waals surface area contributed by atoms with E-state index in [2.05, 4.69) is 29.9 Å². The Kier molecular flexibility index (Phi) is 1.25. The van der Waals surface area contributed by atoms with Crippen molar-refractivity contribution in [3.8, 4) is 5.75 Å². The summed E-state index contributed by atoms with van der Waals surface area (Å²) in [5.41, 5.74) is 2.07. The van der Waals surface area contributed by atoms with Crippen molar-refractivity contribution in [2.24, 2.45) is 0 Å². The van der Waals surface area contributed by atoms with Gasteiger partial charge in [-0.1, -0.05) is 0 Å². The lowest BCUT2D eigenvalue weighted by atomic mass is 10.2. The molecule has 0 N–H and O–H groups in total. The van der Waals surface area contributed by atoms with Crippen LogP contribution in [0.4, 0.5) is 0 Å². The van der Waals surface area contributed by atoms with Crippen molar-refractivity contribution in [3.05, 3.63) is 6.07 Å². The van der Waals surface area contributed by atoms with E-state index in [4.69, 9.17) is 4.74 Å². The van der Waals surface area contributed by atoms with E-state index in [0.29, 0.717) is 27.8 Å². The van der Waals surface area contributed by atoms with Crippen LogP contribution in [0.2, 0.25) is 0 Å². The van der Waals surface area contributed by atoms with Crippen LogP contribution >= 0.6 is 0 Å². The molecule has 0 fully saturated rings. The van der Waals surface area contributed by atoms with Gasteiger partial charge in [0.2, 0.25) is 0 Å². The average Bonchev–Trinajstić information content (AvgIpc) is 2.83. The number of ether oxygens (including phenoxy) is 1. The minimum absolute atomic E-state index is 0.487. The quantitative estimate of drug-likeness (QED) is 0.562. The van der Waals surface area contributed by atoms with E-state index < -0.39 is 0 Å². The normalized spacial score (nSPS) is 11.2. The minimum Gasteiger partial charge on any atom is -0.494 e. The van der Waals surface area contributed by atoms with E-state index in [9.17, 15) is 0 Å². The summed E-state index contributed by atoms with van der Waals surface area (Å²) in [6.45, 7) is 0. The zero-order chi connectivity index (χ0) is 9.54. The largest absolute Gasteiger partial charge is 0.494 e. The van der Waals surface area contributed by atoms with Gasteiger partial charge in [0.15, 0.2) is 22.3 Å². The number of fused-ring (bicyclic) bond motifs is 3. The Hall–Kier alpha value is -2.18. The first-order valence-corrected chi connectivity index (χ1v) is 3.81. The lowest BCUT2D eigenvalue weighted by molar-refractivity contribution is 0.310. The van der Waals surface area contributed by atoms with E-state index in [1.165, 1.54) is 7.11 Å². The summed E-state index contributed by atoms with van der Waals surface area (Å²) in [6.07, 6.45) is 0. The summed E-state index contributed by atoms with van der Waals surface area (Å²) >= 11 is 0. The first kappa shape index (κ1) is 7.25. The van der Waals surface area contributed by atoms with E-state index in [1.54, 1.807) is 6.07 Å². The van der Waals surface area contributed by atoms with Crippen molar-refractivity contribution in [2.45, 2.75) is 0 Å². The maximum Gasteiger partial charge on any atom is 0.179 e. The molecular formula is C7H4N4O3. The molecule has 7 nitrogen and oxygen atoms in total. The van der Waals surface area contributed by atoms with Crippen LogP contribution in [0.15, 0.2) is 15.3 Å². The molecule has 0 aliphatic heterocycles. The highest BCUT2D eigenvalue weighted by Gasteiger charge is 2.15. The van der Waals surface area contributed by atoms with Crippen molar-refractivity contribution in [1.29, 1.82) is 0 Å². The third kappa shape index (κ3) is 0.754. The number of hydrogen-bond donors (Lipinski definition) is 0. The van der Waals surface area contributed by atoms with Crippen LogP contribution in [0.3, 0.4) is 0 Å². The smallest absolute Gasteiger partial charge is 0.179 e. The number of rotatable bonds is 1. The zero-order valence-electron chi connectivity index (χ0n) is 7.09. The summed E-state index contributed by atoms with van der Waals surface area (Å²) in [4.78, 5) is 0. The van der Waals surface area contributed by atoms with E-state index in [0.717, 1.165) is 0 Å². The predicted molar refractivity (Wildman–Crippen MR) is 43.7 cm³/mol. The van der Waals surface area contributed by atoms with Crippen LogP contribution in [0.25, 0.3) is 22.1 Å². The molecule has 0 saturated heterocycles. The summed E-state index contributed by atoms with van der Waals surface area (Å²) < 4.78 is 14.3. The average molecular weight is 192 g/mol. The number of methoxy groups -OCH3 is 1. The Balaban J connectivity index is 2.59. The van der Waals surface area contributed by atoms with Crippen LogP contribution in [0.1, 0.15) is 0 Å². The maximum atomic E-state index is 5.09. The maximum absolute atomic E-state index is 5.09. The number of aromatic nitrogens is 4. The van der Waals surface area contributed by atoms with Crippen LogP contribution in [-0.2, 0) is 0 Å². The zero-order valence-corrected chi connectivity index (χ0v) is 7.09. The van der Waals surface area contributed by atoms with Gasteiger partial charge in [0.25, 0.3) is 0 Å². The molecule has 0 aliphatic carbocycles. The molecule has 14 heavy (non-hydrogen) atoms. The third-order valence-corrected chi connectivity index (χ3v) is 1.95. The molecule has 70 valence electrons. The highest BCUT2D eigenvalue weighted by atomic mass is 16.6. The van der Waals surface area contributed by atoms with E-state index >= 15 is 0 Å². The minimum atomic E-state index is 0.487. The Bertz CT molecular complexity index is 599. The Morgan fingerprint density at radius 2 is 1.71 bits per heavy atom. The second kappa shape index (κ2) is 2.41. The van der Waals surface area contributed by atoms with Crippen molar-refractivity contribution in [2.75, 3.05) is 7.11 Å². The lowest BCUT2D eigenvalue weighted by Gasteiger charge is -1.96. The molecule has 0 saturated carbocycles. The second-order valence-corrected chi connectivity index (χ2v) is 2.67. The first-order chi connectivity index (χ1) is 6.90. The van der Waals surface area contributed by atoms with Crippen LogP contribution < -0.4 is 4.74 Å². The topological polar surface area (TPSA) is 87.1 Å². The van der Waals surface area contributed by atoms with Crippen molar-refractivity contribution in [1.82, 2.24) is 20.6 Å². The SMILES string of the molecule is COc1cc2nonc2c2nonc12. The highest BCUT2D eigenvalue weighted by molar-refractivity contribution is 6.02. The molecule has 3 aromatic rings. The van der Waals surface area contributed by atoms with Gasteiger partial charge in [0.05, 0.1) is 7.11 Å². The fourth-order valence-electron chi connectivity index (χ4n) is 1.31. The first-order valence-electron chi connectivity index (χ1n) is 3.81. The van der Waals surface area contributed by atoms with Gasteiger partial charge >= 0.3 is 0 Å². The van der Waals surface area contributed by atoms with Gasteiger partial charge in [0.1, 0.15) is 5.52 Å². The number of benzene rings is 1. The van der Waals surface area contributed by atoms with E-state index in [1.807, 2.05) is 0 Å². The monoisotopic (exact) mass is 192 g/mol. The van der Waals surface area contributed by atoms with Gasteiger partial charge in [0, 0.05) is 6.07 Å². The summed E-state index contributed by atoms with van der Waals surface area (Å²) in [5, 5.41) is 14.8. The molecule has 0 aliphatic rings. The molecule has 2 aromatic heterocycles. The molecule has 1 aromatic carbocycles. The second-order valence-electron chi connectivity index (χ2n) is 2.67. The third-order valence-electron chi connectivity index (χ3n) is 1.95. The van der Waals surface area contributed by atoms with Crippen LogP contribution in [-0.4, -0.2) is 27.7 Å². The Labute approximate surface area is 76.5 Å². The van der Waals surface area contributed by atoms with Crippen molar-refractivity contribution >= 4 is 22.1 Å². The number of nitrogens with zero attached hydrogens (tertiary/aromatic N) is 4. The van der Waals surface area contributed by atoms with Gasteiger partial charge in [-0.05, 0) is 20.6 Å². The fourth-order valence-corrected chi connectivity index (χ4v) is 1.31. The molecule has 3 rings (SSSR count). The number of hydrogen-bond acceptors (Lipinski definition) is 7. The summed E-state index contributed by atoms with van der Waals surface area (Å²) in [6, 6.07) is 1.67. The molecule has 0 unspecified atom stereocenters. The van der Waals surface area contributed by atoms with E-state index in [-0.39, 0.29) is 0 Å². The highest BCUT2D eigenvalue weighted by Crippen LogP contribution is 2.28. The standard InChI is InChI=1S/C7H4N4O3/c1-12-4-2-3-5(9-13-8-3)7-6(4)10-14-11-7/h2H,1H3. The molecule has 0 amide bonds. The lowest BCUT2D eigenvalue weighted by Crippen LogP contribution is -1.85. The van der Waals surface area contributed by atoms with Gasteiger partial charge < -0.3 is 4.74 Å². The molecule has 2 heterocycles. The van der Waals surface area contributed by atoms with Crippen LogP contribution in [0, 0.1) is 0 Å². The predicted octanol–water partition coefficient (Wildman–Crippen LogP) is 0.768. The Morgan fingerprint density at radius 3 is 2.57 bits per heavy atom.